The zero-order chi connectivity index (χ0) is 24.0. The van der Waals surface area contributed by atoms with E-state index in [0.29, 0.717) is 46.2 Å². The number of amides is 1. The number of aryl methyl sites for hydroxylation is 1. The van der Waals surface area contributed by atoms with Gasteiger partial charge in [-0.25, -0.2) is 4.98 Å². The van der Waals surface area contributed by atoms with Crippen LogP contribution in [0.4, 0.5) is 0 Å². The number of ketones is 1. The van der Waals surface area contributed by atoms with Crippen molar-refractivity contribution in [2.45, 2.75) is 52.2 Å². The number of fused-ring (bicyclic) bond motifs is 1. The highest BCUT2D eigenvalue weighted by molar-refractivity contribution is 7.99. The molecule has 0 aliphatic carbocycles. The molecule has 6 nitrogen and oxygen atoms in total. The van der Waals surface area contributed by atoms with E-state index in [2.05, 4.69) is 19.2 Å². The van der Waals surface area contributed by atoms with Gasteiger partial charge in [0.05, 0.1) is 16.7 Å². The molecule has 174 valence electrons. The maximum atomic E-state index is 13.3. The number of carbonyl (C=O) groups is 2. The van der Waals surface area contributed by atoms with Gasteiger partial charge in [0, 0.05) is 24.2 Å². The number of hydrogen-bond acceptors (Lipinski definition) is 5. The van der Waals surface area contributed by atoms with Gasteiger partial charge in [0.15, 0.2) is 10.9 Å². The molecule has 0 bridgehead atoms. The van der Waals surface area contributed by atoms with Crippen molar-refractivity contribution in [3.63, 3.8) is 0 Å². The second-order valence-electron chi connectivity index (χ2n) is 8.60. The average molecular weight is 466 g/mol. The second-order valence-corrected chi connectivity index (χ2v) is 9.54. The number of Topliss-reactive ketones (excluding diaryl/α,β-unsaturated/α-hetero) is 1. The van der Waals surface area contributed by atoms with E-state index in [1.807, 2.05) is 38.1 Å². The van der Waals surface area contributed by atoms with E-state index in [-0.39, 0.29) is 23.0 Å². The normalized spacial score (nSPS) is 11.2. The Hall–Kier alpha value is -2.93. The van der Waals surface area contributed by atoms with Crippen molar-refractivity contribution < 1.29 is 9.59 Å². The number of hydrogen-bond donors (Lipinski definition) is 1. The van der Waals surface area contributed by atoms with Gasteiger partial charge in [0.25, 0.3) is 11.5 Å². The Morgan fingerprint density at radius 1 is 1.09 bits per heavy atom. The van der Waals surface area contributed by atoms with Crippen molar-refractivity contribution in [1.82, 2.24) is 14.9 Å². The number of nitrogens with one attached hydrogen (secondary N) is 1. The molecule has 2 aromatic carbocycles. The standard InChI is InChI=1S/C26H31N3O3S/c1-5-13-27-24(31)20-10-11-21-22(15-20)28-26(29(25(21)32)14-12-17(2)3)33-16-23(30)19-8-6-18(4)7-9-19/h6-11,15,17H,5,12-14,16H2,1-4H3,(H,27,31). The minimum atomic E-state index is -0.187. The first-order valence-electron chi connectivity index (χ1n) is 11.4. The minimum absolute atomic E-state index is 0.0163. The van der Waals surface area contributed by atoms with Crippen LogP contribution < -0.4 is 10.9 Å². The van der Waals surface area contributed by atoms with E-state index in [9.17, 15) is 14.4 Å². The lowest BCUT2D eigenvalue weighted by Gasteiger charge is -2.14. The Balaban J connectivity index is 1.95. The highest BCUT2D eigenvalue weighted by Crippen LogP contribution is 2.21. The fraction of sp³-hybridized carbons (Fsp3) is 0.385. The summed E-state index contributed by atoms with van der Waals surface area (Å²) in [6.45, 7) is 9.29. The van der Waals surface area contributed by atoms with Crippen molar-refractivity contribution in [3.8, 4) is 0 Å². The fourth-order valence-corrected chi connectivity index (χ4v) is 4.25. The molecule has 3 aromatic rings. The number of rotatable bonds is 10. The first-order valence-corrected chi connectivity index (χ1v) is 12.3. The maximum absolute atomic E-state index is 13.3. The third-order valence-corrected chi connectivity index (χ3v) is 6.33. The van der Waals surface area contributed by atoms with E-state index >= 15 is 0 Å². The summed E-state index contributed by atoms with van der Waals surface area (Å²) in [5.41, 5.74) is 2.52. The number of carbonyl (C=O) groups excluding carboxylic acids is 2. The highest BCUT2D eigenvalue weighted by atomic mass is 32.2. The lowest BCUT2D eigenvalue weighted by molar-refractivity contribution is 0.0952. The van der Waals surface area contributed by atoms with Crippen LogP contribution in [0.5, 0.6) is 0 Å². The van der Waals surface area contributed by atoms with E-state index in [0.717, 1.165) is 18.4 Å². The fourth-order valence-electron chi connectivity index (χ4n) is 3.33. The molecule has 33 heavy (non-hydrogen) atoms. The molecule has 0 fully saturated rings. The molecule has 0 unspecified atom stereocenters. The van der Waals surface area contributed by atoms with Gasteiger partial charge in [-0.2, -0.15) is 0 Å². The summed E-state index contributed by atoms with van der Waals surface area (Å²) >= 11 is 1.26. The molecule has 0 spiro atoms. The third kappa shape index (κ3) is 6.32. The predicted octanol–water partition coefficient (Wildman–Crippen LogP) is 4.87. The quantitative estimate of drug-likeness (QED) is 0.263. The van der Waals surface area contributed by atoms with Gasteiger partial charge in [-0.15, -0.1) is 0 Å². The Kier molecular flexibility index (Phi) is 8.44. The van der Waals surface area contributed by atoms with Crippen molar-refractivity contribution in [2.24, 2.45) is 5.92 Å². The van der Waals surface area contributed by atoms with Crippen molar-refractivity contribution >= 4 is 34.4 Å². The van der Waals surface area contributed by atoms with Gasteiger partial charge in [0.1, 0.15) is 0 Å². The molecule has 0 saturated carbocycles. The monoisotopic (exact) mass is 465 g/mol. The van der Waals surface area contributed by atoms with E-state index in [1.165, 1.54) is 11.8 Å². The lowest BCUT2D eigenvalue weighted by Crippen LogP contribution is -2.26. The smallest absolute Gasteiger partial charge is 0.262 e. The zero-order valence-corrected chi connectivity index (χ0v) is 20.5. The van der Waals surface area contributed by atoms with Gasteiger partial charge in [0.2, 0.25) is 0 Å². The van der Waals surface area contributed by atoms with Gasteiger partial charge in [-0.05, 0) is 43.9 Å². The van der Waals surface area contributed by atoms with Crippen LogP contribution >= 0.6 is 11.8 Å². The number of thioether (sulfide) groups is 1. The first kappa shape index (κ1) is 24.7. The van der Waals surface area contributed by atoms with Crippen LogP contribution in [0.3, 0.4) is 0 Å². The SMILES string of the molecule is CCCNC(=O)c1ccc2c(=O)n(CCC(C)C)c(SCC(=O)c3ccc(C)cc3)nc2c1. The highest BCUT2D eigenvalue weighted by Gasteiger charge is 2.16. The molecule has 1 heterocycles. The number of nitrogens with zero attached hydrogens (tertiary/aromatic N) is 2. The molecule has 1 amide bonds. The van der Waals surface area contributed by atoms with Crippen LogP contribution in [0.15, 0.2) is 52.4 Å². The summed E-state index contributed by atoms with van der Waals surface area (Å²) in [5.74, 6) is 0.398. The Morgan fingerprint density at radius 2 is 1.79 bits per heavy atom. The summed E-state index contributed by atoms with van der Waals surface area (Å²) in [5, 5.41) is 3.82. The van der Waals surface area contributed by atoms with E-state index < -0.39 is 0 Å². The van der Waals surface area contributed by atoms with Crippen molar-refractivity contribution in [2.75, 3.05) is 12.3 Å². The Bertz CT molecular complexity index is 1200. The number of benzene rings is 2. The van der Waals surface area contributed by atoms with Crippen molar-refractivity contribution in [1.29, 1.82) is 0 Å². The molecule has 1 aromatic heterocycles. The maximum Gasteiger partial charge on any atom is 0.262 e. The molecule has 0 radical (unpaired) electrons. The van der Waals surface area contributed by atoms with Crippen LogP contribution in [0.25, 0.3) is 10.9 Å². The lowest BCUT2D eigenvalue weighted by atomic mass is 10.1. The van der Waals surface area contributed by atoms with Crippen LogP contribution in [0, 0.1) is 12.8 Å². The molecular weight excluding hydrogens is 434 g/mol. The van der Waals surface area contributed by atoms with Gasteiger partial charge < -0.3 is 5.32 Å². The van der Waals surface area contributed by atoms with Crippen LogP contribution in [-0.2, 0) is 6.54 Å². The van der Waals surface area contributed by atoms with E-state index in [4.69, 9.17) is 4.98 Å². The summed E-state index contributed by atoms with van der Waals surface area (Å²) in [6.07, 6.45) is 1.66. The van der Waals surface area contributed by atoms with Gasteiger partial charge in [-0.3, -0.25) is 19.0 Å². The third-order valence-electron chi connectivity index (χ3n) is 5.35. The summed E-state index contributed by atoms with van der Waals surface area (Å²) in [7, 11) is 0. The van der Waals surface area contributed by atoms with Gasteiger partial charge >= 0.3 is 0 Å². The van der Waals surface area contributed by atoms with Crippen LogP contribution in [-0.4, -0.2) is 33.5 Å². The first-order chi connectivity index (χ1) is 15.8. The number of aromatic nitrogens is 2. The topological polar surface area (TPSA) is 81.1 Å². The molecule has 0 atom stereocenters. The Labute approximate surface area is 198 Å². The van der Waals surface area contributed by atoms with Crippen molar-refractivity contribution in [3.05, 3.63) is 69.5 Å². The summed E-state index contributed by atoms with van der Waals surface area (Å²) in [4.78, 5) is 43.1. The molecule has 3 rings (SSSR count). The predicted molar refractivity (Wildman–Crippen MR) is 134 cm³/mol. The Morgan fingerprint density at radius 3 is 2.45 bits per heavy atom. The van der Waals surface area contributed by atoms with Crippen LogP contribution in [0.2, 0.25) is 0 Å². The van der Waals surface area contributed by atoms with E-state index in [1.54, 1.807) is 22.8 Å². The molecular formula is C26H31N3O3S. The zero-order valence-electron chi connectivity index (χ0n) is 19.7. The minimum Gasteiger partial charge on any atom is -0.352 e. The van der Waals surface area contributed by atoms with Crippen LogP contribution in [0.1, 0.15) is 59.9 Å². The molecule has 1 N–H and O–H groups in total. The molecule has 0 saturated heterocycles. The second kappa shape index (κ2) is 11.3. The molecule has 0 aliphatic heterocycles. The summed E-state index contributed by atoms with van der Waals surface area (Å²) in [6, 6.07) is 12.4. The largest absolute Gasteiger partial charge is 0.352 e. The molecule has 7 heteroatoms. The average Bonchev–Trinajstić information content (AvgIpc) is 2.80. The summed E-state index contributed by atoms with van der Waals surface area (Å²) < 4.78 is 1.66. The van der Waals surface area contributed by atoms with Gasteiger partial charge in [-0.1, -0.05) is 62.4 Å². The molecule has 0 aliphatic rings.